The summed E-state index contributed by atoms with van der Waals surface area (Å²) in [5, 5.41) is 3.14. The maximum atomic E-state index is 13.1. The van der Waals surface area contributed by atoms with Gasteiger partial charge in [-0.1, -0.05) is 44.2 Å². The highest BCUT2D eigenvalue weighted by atomic mass is 19.1. The molecule has 2 aliphatic heterocycles. The van der Waals surface area contributed by atoms with Crippen LogP contribution in [-0.2, 0) is 17.9 Å². The Bertz CT molecular complexity index is 952. The van der Waals surface area contributed by atoms with Crippen molar-refractivity contribution < 1.29 is 14.0 Å². The van der Waals surface area contributed by atoms with E-state index in [-0.39, 0.29) is 23.5 Å². The summed E-state index contributed by atoms with van der Waals surface area (Å²) < 4.78 is 13.1. The first kappa shape index (κ1) is 22.5. The van der Waals surface area contributed by atoms with E-state index in [0.29, 0.717) is 24.6 Å². The van der Waals surface area contributed by atoms with E-state index in [2.05, 4.69) is 10.2 Å². The van der Waals surface area contributed by atoms with E-state index in [1.807, 2.05) is 50.2 Å². The average molecular weight is 438 g/mol. The Morgan fingerprint density at radius 2 is 1.78 bits per heavy atom. The summed E-state index contributed by atoms with van der Waals surface area (Å²) in [6.45, 7) is 7.88. The van der Waals surface area contributed by atoms with Crippen LogP contribution in [0.5, 0.6) is 0 Å². The SMILES string of the molecule is CC(C)C(C(=O)NCC1CCN(Cc2ccc(F)cc2)CC1)N1Cc2ccccc2C1=O. The summed E-state index contributed by atoms with van der Waals surface area (Å²) in [5.74, 6) is 0.148. The molecule has 2 aliphatic rings. The molecule has 0 aliphatic carbocycles. The highest BCUT2D eigenvalue weighted by molar-refractivity contribution is 6.01. The van der Waals surface area contributed by atoms with Crippen LogP contribution in [-0.4, -0.2) is 47.3 Å². The fraction of sp³-hybridized carbons (Fsp3) is 0.462. The third-order valence-electron chi connectivity index (χ3n) is 6.68. The third-order valence-corrected chi connectivity index (χ3v) is 6.68. The Hall–Kier alpha value is -2.73. The predicted molar refractivity (Wildman–Crippen MR) is 122 cm³/mol. The Labute approximate surface area is 189 Å². The first-order valence-electron chi connectivity index (χ1n) is 11.6. The van der Waals surface area contributed by atoms with Crippen LogP contribution in [0.25, 0.3) is 0 Å². The van der Waals surface area contributed by atoms with Crippen LogP contribution in [0.2, 0.25) is 0 Å². The Balaban J connectivity index is 1.27. The van der Waals surface area contributed by atoms with Crippen LogP contribution in [0.15, 0.2) is 48.5 Å². The second-order valence-corrected chi connectivity index (χ2v) is 9.37. The largest absolute Gasteiger partial charge is 0.354 e. The molecule has 5 nitrogen and oxygen atoms in total. The fourth-order valence-electron chi connectivity index (χ4n) is 4.85. The lowest BCUT2D eigenvalue weighted by molar-refractivity contribution is -0.127. The highest BCUT2D eigenvalue weighted by Crippen LogP contribution is 2.27. The Morgan fingerprint density at radius 3 is 2.44 bits per heavy atom. The first-order valence-corrected chi connectivity index (χ1v) is 11.6. The molecule has 1 saturated heterocycles. The summed E-state index contributed by atoms with van der Waals surface area (Å²) in [6, 6.07) is 13.8. The summed E-state index contributed by atoms with van der Waals surface area (Å²) >= 11 is 0. The quantitative estimate of drug-likeness (QED) is 0.716. The van der Waals surface area contributed by atoms with E-state index < -0.39 is 6.04 Å². The van der Waals surface area contributed by atoms with Gasteiger partial charge in [-0.25, -0.2) is 4.39 Å². The van der Waals surface area contributed by atoms with Crippen LogP contribution in [0, 0.1) is 17.7 Å². The number of fused-ring (bicyclic) bond motifs is 1. The maximum absolute atomic E-state index is 13.1. The minimum atomic E-state index is -0.464. The number of rotatable bonds is 7. The molecule has 1 atom stereocenters. The molecule has 32 heavy (non-hydrogen) atoms. The molecule has 0 bridgehead atoms. The van der Waals surface area contributed by atoms with Gasteiger partial charge in [0.1, 0.15) is 11.9 Å². The van der Waals surface area contributed by atoms with Gasteiger partial charge >= 0.3 is 0 Å². The number of hydrogen-bond acceptors (Lipinski definition) is 3. The summed E-state index contributed by atoms with van der Waals surface area (Å²) in [6.07, 6.45) is 2.03. The van der Waals surface area contributed by atoms with Gasteiger partial charge in [0.05, 0.1) is 0 Å². The van der Waals surface area contributed by atoms with Crippen molar-refractivity contribution in [2.75, 3.05) is 19.6 Å². The molecule has 2 aromatic rings. The van der Waals surface area contributed by atoms with Gasteiger partial charge in [-0.3, -0.25) is 14.5 Å². The van der Waals surface area contributed by atoms with Crippen molar-refractivity contribution in [1.29, 1.82) is 0 Å². The van der Waals surface area contributed by atoms with Gasteiger partial charge < -0.3 is 10.2 Å². The molecule has 0 saturated carbocycles. The third kappa shape index (κ3) is 5.01. The predicted octanol–water partition coefficient (Wildman–Crippen LogP) is 3.83. The molecule has 0 radical (unpaired) electrons. The number of carbonyl (C=O) groups is 2. The minimum absolute atomic E-state index is 0.0332. The van der Waals surface area contributed by atoms with E-state index in [0.717, 1.165) is 43.6 Å². The molecule has 0 spiro atoms. The molecular weight excluding hydrogens is 405 g/mol. The number of amides is 2. The topological polar surface area (TPSA) is 52.7 Å². The van der Waals surface area contributed by atoms with E-state index >= 15 is 0 Å². The number of likely N-dealkylation sites (tertiary alicyclic amines) is 1. The van der Waals surface area contributed by atoms with Gasteiger partial charge in [-0.05, 0) is 67.1 Å². The Kier molecular flexibility index (Phi) is 6.89. The van der Waals surface area contributed by atoms with Crippen LogP contribution in [0.4, 0.5) is 4.39 Å². The molecule has 1 unspecified atom stereocenters. The van der Waals surface area contributed by atoms with Crippen LogP contribution < -0.4 is 5.32 Å². The van der Waals surface area contributed by atoms with Crippen LogP contribution >= 0.6 is 0 Å². The number of nitrogens with zero attached hydrogens (tertiary/aromatic N) is 2. The molecule has 4 rings (SSSR count). The zero-order valence-electron chi connectivity index (χ0n) is 18.9. The molecular formula is C26H32FN3O2. The molecule has 2 amide bonds. The van der Waals surface area contributed by atoms with Crippen molar-refractivity contribution in [2.45, 2.75) is 45.8 Å². The molecule has 0 aromatic heterocycles. The molecule has 170 valence electrons. The fourth-order valence-corrected chi connectivity index (χ4v) is 4.85. The zero-order chi connectivity index (χ0) is 22.7. The summed E-state index contributed by atoms with van der Waals surface area (Å²) in [5.41, 5.74) is 2.82. The summed E-state index contributed by atoms with van der Waals surface area (Å²) in [7, 11) is 0. The number of carbonyl (C=O) groups excluding carboxylic acids is 2. The van der Waals surface area contributed by atoms with Crippen molar-refractivity contribution in [2.24, 2.45) is 11.8 Å². The average Bonchev–Trinajstić information content (AvgIpc) is 3.11. The molecule has 2 heterocycles. The van der Waals surface area contributed by atoms with Gasteiger partial charge in [0.25, 0.3) is 5.91 Å². The Morgan fingerprint density at radius 1 is 1.09 bits per heavy atom. The van der Waals surface area contributed by atoms with E-state index in [9.17, 15) is 14.0 Å². The lowest BCUT2D eigenvalue weighted by Crippen LogP contribution is -2.51. The molecule has 1 fully saturated rings. The first-order chi connectivity index (χ1) is 15.4. The van der Waals surface area contributed by atoms with Gasteiger partial charge in [0.15, 0.2) is 0 Å². The van der Waals surface area contributed by atoms with Crippen LogP contribution in [0.1, 0.15) is 48.2 Å². The minimum Gasteiger partial charge on any atom is -0.354 e. The van der Waals surface area contributed by atoms with Gasteiger partial charge in [0, 0.05) is 25.2 Å². The highest BCUT2D eigenvalue weighted by Gasteiger charge is 2.38. The van der Waals surface area contributed by atoms with Crippen molar-refractivity contribution in [3.8, 4) is 0 Å². The number of hydrogen-bond donors (Lipinski definition) is 1. The van der Waals surface area contributed by atoms with E-state index in [1.165, 1.54) is 12.1 Å². The second kappa shape index (κ2) is 9.82. The van der Waals surface area contributed by atoms with Gasteiger partial charge in [-0.2, -0.15) is 0 Å². The van der Waals surface area contributed by atoms with Crippen molar-refractivity contribution in [1.82, 2.24) is 15.1 Å². The van der Waals surface area contributed by atoms with Gasteiger partial charge in [0.2, 0.25) is 5.91 Å². The van der Waals surface area contributed by atoms with Crippen molar-refractivity contribution in [3.63, 3.8) is 0 Å². The summed E-state index contributed by atoms with van der Waals surface area (Å²) in [4.78, 5) is 30.1. The van der Waals surface area contributed by atoms with E-state index in [4.69, 9.17) is 0 Å². The van der Waals surface area contributed by atoms with E-state index in [1.54, 1.807) is 4.90 Å². The monoisotopic (exact) mass is 437 g/mol. The van der Waals surface area contributed by atoms with Crippen molar-refractivity contribution in [3.05, 3.63) is 71.0 Å². The molecule has 2 aromatic carbocycles. The van der Waals surface area contributed by atoms with Crippen molar-refractivity contribution >= 4 is 11.8 Å². The number of nitrogens with one attached hydrogen (secondary N) is 1. The second-order valence-electron chi connectivity index (χ2n) is 9.37. The number of piperidine rings is 1. The number of benzene rings is 2. The standard InChI is InChI=1S/C26H32FN3O2/c1-18(2)24(30-17-21-5-3-4-6-23(21)26(30)32)25(31)28-15-19-11-13-29(14-12-19)16-20-7-9-22(27)10-8-20/h3-10,18-19,24H,11-17H2,1-2H3,(H,28,31). The van der Waals surface area contributed by atoms with Gasteiger partial charge in [-0.15, -0.1) is 0 Å². The smallest absolute Gasteiger partial charge is 0.255 e. The van der Waals surface area contributed by atoms with Crippen LogP contribution in [0.3, 0.4) is 0 Å². The molecule has 6 heteroatoms. The lowest BCUT2D eigenvalue weighted by atomic mass is 9.95. The maximum Gasteiger partial charge on any atom is 0.255 e. The number of halogens is 1. The lowest BCUT2D eigenvalue weighted by Gasteiger charge is -2.33. The zero-order valence-corrected chi connectivity index (χ0v) is 18.9. The molecule has 1 N–H and O–H groups in total. The normalized spacial score (nSPS) is 18.1.